The summed E-state index contributed by atoms with van der Waals surface area (Å²) in [5, 5.41) is 8.91. The van der Waals surface area contributed by atoms with Crippen molar-refractivity contribution in [3.8, 4) is 0 Å². The minimum atomic E-state index is -0.192. The second-order valence-electron chi connectivity index (χ2n) is 5.83. The summed E-state index contributed by atoms with van der Waals surface area (Å²) < 4.78 is 6.74. The van der Waals surface area contributed by atoms with Gasteiger partial charge in [-0.05, 0) is 13.0 Å². The van der Waals surface area contributed by atoms with E-state index < -0.39 is 0 Å². The largest absolute Gasteiger partial charge is 0.378 e. The summed E-state index contributed by atoms with van der Waals surface area (Å²) in [6.45, 7) is 6.92. The van der Waals surface area contributed by atoms with Crippen LogP contribution in [0.5, 0.6) is 0 Å². The number of hydrogen-bond donors (Lipinski definition) is 2. The molecule has 0 spiro atoms. The van der Waals surface area contributed by atoms with Crippen molar-refractivity contribution >= 4 is 17.3 Å². The first-order valence-electron chi connectivity index (χ1n) is 8.32. The lowest BCUT2D eigenvalue weighted by Gasteiger charge is -2.17. The van der Waals surface area contributed by atoms with Crippen LogP contribution in [0.15, 0.2) is 34.9 Å². The Morgan fingerprint density at radius 1 is 1.44 bits per heavy atom. The smallest absolute Gasteiger partial charge is 0.256 e. The van der Waals surface area contributed by atoms with E-state index in [4.69, 9.17) is 4.74 Å². The number of carbonyl (C=O) groups is 1. The van der Waals surface area contributed by atoms with E-state index >= 15 is 0 Å². The number of aliphatic imine (C=N–C) groups is 1. The van der Waals surface area contributed by atoms with Gasteiger partial charge in [-0.2, -0.15) is 5.10 Å². The predicted molar refractivity (Wildman–Crippen MR) is 97.6 cm³/mol. The molecule has 1 aromatic rings. The van der Waals surface area contributed by atoms with E-state index in [1.54, 1.807) is 30.0 Å². The van der Waals surface area contributed by atoms with E-state index in [0.717, 1.165) is 5.71 Å². The summed E-state index contributed by atoms with van der Waals surface area (Å²) in [4.78, 5) is 17.0. The van der Waals surface area contributed by atoms with Gasteiger partial charge in [-0.3, -0.25) is 14.5 Å². The number of rotatable bonds is 4. The van der Waals surface area contributed by atoms with E-state index in [2.05, 4.69) is 34.7 Å². The molecule has 0 aliphatic carbocycles. The van der Waals surface area contributed by atoms with Crippen LogP contribution in [0.2, 0.25) is 0 Å². The first-order valence-corrected chi connectivity index (χ1v) is 8.32. The van der Waals surface area contributed by atoms with Gasteiger partial charge in [0.05, 0.1) is 17.9 Å². The molecule has 3 rings (SSSR count). The van der Waals surface area contributed by atoms with E-state index in [-0.39, 0.29) is 5.91 Å². The van der Waals surface area contributed by atoms with E-state index in [9.17, 15) is 4.79 Å². The highest BCUT2D eigenvalue weighted by molar-refractivity contribution is 6.06. The van der Waals surface area contributed by atoms with Crippen LogP contribution in [-0.4, -0.2) is 40.1 Å². The van der Waals surface area contributed by atoms with Gasteiger partial charge in [0.1, 0.15) is 5.69 Å². The molecule has 2 aliphatic heterocycles. The van der Waals surface area contributed by atoms with Gasteiger partial charge in [-0.25, -0.2) is 10.4 Å². The van der Waals surface area contributed by atoms with Crippen LogP contribution in [0.25, 0.3) is 0 Å². The molecule has 0 saturated carbocycles. The lowest BCUT2D eigenvalue weighted by Crippen LogP contribution is -2.28. The fourth-order valence-electron chi connectivity index (χ4n) is 2.36. The number of allylic oxidation sites excluding steroid dienone is 1. The summed E-state index contributed by atoms with van der Waals surface area (Å²) in [6, 6.07) is 0. The quantitative estimate of drug-likeness (QED) is 0.870. The SMILES string of the molecule is CCC.COCc1nn(C)cc1NC(=O)C1=C2N=C(C)C=CN2NC1. The summed E-state index contributed by atoms with van der Waals surface area (Å²) in [7, 11) is 3.39. The Morgan fingerprint density at radius 2 is 2.16 bits per heavy atom. The number of nitrogens with zero attached hydrogens (tertiary/aromatic N) is 4. The van der Waals surface area contributed by atoms with E-state index in [1.165, 1.54) is 6.42 Å². The Bertz CT molecular complexity index is 717. The number of hydrogen-bond acceptors (Lipinski definition) is 6. The van der Waals surface area contributed by atoms with Gasteiger partial charge >= 0.3 is 0 Å². The summed E-state index contributed by atoms with van der Waals surface area (Å²) >= 11 is 0. The molecule has 0 bridgehead atoms. The predicted octanol–water partition coefficient (Wildman–Crippen LogP) is 1.94. The number of aromatic nitrogens is 2. The summed E-state index contributed by atoms with van der Waals surface area (Å²) in [5.41, 5.74) is 5.89. The maximum atomic E-state index is 12.5. The van der Waals surface area contributed by atoms with Gasteiger partial charge in [0.15, 0.2) is 5.82 Å². The standard InChI is InChI=1S/C14H18N6O2.C3H8/c1-9-4-5-20-13(16-9)10(6-15-20)14(21)17-11-7-19(2)18-12(11)8-22-3;1-3-2/h4-5,7,15H,6,8H2,1-3H3,(H,17,21);3H2,1-2H3. The third-order valence-corrected chi connectivity index (χ3v) is 3.38. The zero-order chi connectivity index (χ0) is 18.4. The van der Waals surface area contributed by atoms with Crippen LogP contribution in [0.3, 0.4) is 0 Å². The Hall–Kier alpha value is -2.45. The van der Waals surface area contributed by atoms with Crippen LogP contribution < -0.4 is 10.7 Å². The zero-order valence-electron chi connectivity index (χ0n) is 15.5. The lowest BCUT2D eigenvalue weighted by atomic mass is 10.2. The molecule has 0 unspecified atom stereocenters. The van der Waals surface area contributed by atoms with Crippen molar-refractivity contribution in [2.24, 2.45) is 12.0 Å². The van der Waals surface area contributed by atoms with Crippen molar-refractivity contribution in [1.29, 1.82) is 0 Å². The lowest BCUT2D eigenvalue weighted by molar-refractivity contribution is -0.112. The highest BCUT2D eigenvalue weighted by Crippen LogP contribution is 2.22. The molecular weight excluding hydrogens is 320 g/mol. The van der Waals surface area contributed by atoms with Crippen molar-refractivity contribution in [2.45, 2.75) is 33.8 Å². The van der Waals surface area contributed by atoms with Crippen LogP contribution >= 0.6 is 0 Å². The zero-order valence-corrected chi connectivity index (χ0v) is 15.5. The first-order chi connectivity index (χ1) is 12.0. The van der Waals surface area contributed by atoms with Crippen LogP contribution in [0, 0.1) is 0 Å². The maximum absolute atomic E-state index is 12.5. The highest BCUT2D eigenvalue weighted by atomic mass is 16.5. The molecule has 0 fully saturated rings. The average Bonchev–Trinajstić information content (AvgIpc) is 3.11. The molecule has 0 saturated heterocycles. The Labute approximate surface area is 148 Å². The number of anilines is 1. The van der Waals surface area contributed by atoms with Crippen LogP contribution in [0.4, 0.5) is 5.69 Å². The average molecular weight is 346 g/mol. The minimum Gasteiger partial charge on any atom is -0.378 e. The fourth-order valence-corrected chi connectivity index (χ4v) is 2.36. The Morgan fingerprint density at radius 3 is 2.84 bits per heavy atom. The van der Waals surface area contributed by atoms with Gasteiger partial charge in [0, 0.05) is 38.8 Å². The number of carbonyl (C=O) groups excluding carboxylic acids is 1. The van der Waals surface area contributed by atoms with Crippen LogP contribution in [0.1, 0.15) is 32.9 Å². The Kier molecular flexibility index (Phi) is 6.49. The third kappa shape index (κ3) is 4.55. The van der Waals surface area contributed by atoms with Crippen molar-refractivity contribution in [3.63, 3.8) is 0 Å². The topological polar surface area (TPSA) is 83.8 Å². The maximum Gasteiger partial charge on any atom is 0.256 e. The molecule has 0 atom stereocenters. The van der Waals surface area contributed by atoms with Crippen molar-refractivity contribution in [1.82, 2.24) is 20.2 Å². The monoisotopic (exact) mass is 346 g/mol. The second kappa shape index (κ2) is 8.59. The number of methoxy groups -OCH3 is 1. The molecule has 0 radical (unpaired) electrons. The molecular formula is C17H26N6O2. The number of amides is 1. The molecule has 136 valence electrons. The van der Waals surface area contributed by atoms with Gasteiger partial charge in [-0.1, -0.05) is 20.3 Å². The number of nitrogens with one attached hydrogen (secondary N) is 2. The van der Waals surface area contributed by atoms with E-state index in [1.807, 2.05) is 19.2 Å². The molecule has 8 heteroatoms. The number of aryl methyl sites for hydroxylation is 1. The summed E-state index contributed by atoms with van der Waals surface area (Å²) in [5.74, 6) is 0.442. The van der Waals surface area contributed by atoms with Gasteiger partial charge in [-0.15, -0.1) is 0 Å². The third-order valence-electron chi connectivity index (χ3n) is 3.38. The van der Waals surface area contributed by atoms with Gasteiger partial charge < -0.3 is 10.1 Å². The van der Waals surface area contributed by atoms with Crippen molar-refractivity contribution in [2.75, 3.05) is 19.0 Å². The van der Waals surface area contributed by atoms with Crippen LogP contribution in [-0.2, 0) is 23.2 Å². The molecule has 1 aromatic heterocycles. The number of ether oxygens (including phenoxy) is 1. The second-order valence-corrected chi connectivity index (χ2v) is 5.83. The molecule has 0 aromatic carbocycles. The summed E-state index contributed by atoms with van der Waals surface area (Å²) in [6.07, 6.45) is 6.75. The molecule has 1 amide bonds. The first kappa shape index (κ1) is 18.9. The van der Waals surface area contributed by atoms with E-state index in [0.29, 0.717) is 35.9 Å². The van der Waals surface area contributed by atoms with Crippen molar-refractivity contribution in [3.05, 3.63) is 35.6 Å². The molecule has 25 heavy (non-hydrogen) atoms. The molecule has 2 aliphatic rings. The number of fused-ring (bicyclic) bond motifs is 1. The molecule has 8 nitrogen and oxygen atoms in total. The molecule has 2 N–H and O–H groups in total. The van der Waals surface area contributed by atoms with Gasteiger partial charge in [0.25, 0.3) is 5.91 Å². The number of hydrazine groups is 1. The molecule has 3 heterocycles. The van der Waals surface area contributed by atoms with Crippen molar-refractivity contribution < 1.29 is 9.53 Å². The Balaban J connectivity index is 0.000000701. The minimum absolute atomic E-state index is 0.192. The fraction of sp³-hybridized carbons (Fsp3) is 0.471. The highest BCUT2D eigenvalue weighted by Gasteiger charge is 2.28. The van der Waals surface area contributed by atoms with Gasteiger partial charge in [0.2, 0.25) is 0 Å². The normalized spacial score (nSPS) is 15.6.